The van der Waals surface area contributed by atoms with Crippen LogP contribution in [0.15, 0.2) is 34.9 Å². The summed E-state index contributed by atoms with van der Waals surface area (Å²) in [5.74, 6) is 0.249. The SMILES string of the molecule is Cc1nc(C(=O)N2CC(N3CCN(c4ccc(F)cc4)CC3)C2)co1. The van der Waals surface area contributed by atoms with Gasteiger partial charge in [0.1, 0.15) is 12.1 Å². The van der Waals surface area contributed by atoms with Gasteiger partial charge >= 0.3 is 0 Å². The molecule has 1 aromatic heterocycles. The summed E-state index contributed by atoms with van der Waals surface area (Å²) >= 11 is 0. The van der Waals surface area contributed by atoms with Crippen LogP contribution in [0, 0.1) is 12.7 Å². The van der Waals surface area contributed by atoms with Crippen LogP contribution in [0.3, 0.4) is 0 Å². The van der Waals surface area contributed by atoms with Crippen molar-refractivity contribution in [3.63, 3.8) is 0 Å². The van der Waals surface area contributed by atoms with Crippen LogP contribution in [0.1, 0.15) is 16.4 Å². The zero-order chi connectivity index (χ0) is 17.4. The van der Waals surface area contributed by atoms with Crippen molar-refractivity contribution in [2.75, 3.05) is 44.2 Å². The molecule has 2 aliphatic heterocycles. The minimum Gasteiger partial charge on any atom is -0.448 e. The lowest BCUT2D eigenvalue weighted by atomic mass is 10.1. The number of hydrogen-bond donors (Lipinski definition) is 0. The van der Waals surface area contributed by atoms with Gasteiger partial charge in [-0.1, -0.05) is 0 Å². The Kier molecular flexibility index (Phi) is 4.17. The van der Waals surface area contributed by atoms with Gasteiger partial charge in [-0.05, 0) is 24.3 Å². The van der Waals surface area contributed by atoms with Gasteiger partial charge in [0, 0.05) is 57.9 Å². The maximum absolute atomic E-state index is 13.0. The first-order valence-electron chi connectivity index (χ1n) is 8.56. The van der Waals surface area contributed by atoms with Crippen molar-refractivity contribution in [2.45, 2.75) is 13.0 Å². The molecule has 0 bridgehead atoms. The molecule has 2 saturated heterocycles. The number of carbonyl (C=O) groups excluding carboxylic acids is 1. The number of benzene rings is 1. The topological polar surface area (TPSA) is 52.8 Å². The largest absolute Gasteiger partial charge is 0.448 e. The van der Waals surface area contributed by atoms with E-state index in [1.807, 2.05) is 17.0 Å². The van der Waals surface area contributed by atoms with Crippen molar-refractivity contribution in [3.8, 4) is 0 Å². The first-order chi connectivity index (χ1) is 12.1. The lowest BCUT2D eigenvalue weighted by Crippen LogP contribution is -2.64. The van der Waals surface area contributed by atoms with E-state index in [0.717, 1.165) is 45.0 Å². The summed E-state index contributed by atoms with van der Waals surface area (Å²) < 4.78 is 18.1. The normalized spacial score (nSPS) is 19.1. The van der Waals surface area contributed by atoms with Gasteiger partial charge in [-0.15, -0.1) is 0 Å². The predicted octanol–water partition coefficient (Wildman–Crippen LogP) is 1.77. The van der Waals surface area contributed by atoms with E-state index in [1.54, 1.807) is 6.92 Å². The fourth-order valence-electron chi connectivity index (χ4n) is 3.47. The standard InChI is InChI=1S/C18H21FN4O2/c1-13-20-17(12-25-13)18(24)23-10-16(11-23)22-8-6-21(7-9-22)15-4-2-14(19)3-5-15/h2-5,12,16H,6-11H2,1H3. The minimum absolute atomic E-state index is 0.0574. The molecule has 25 heavy (non-hydrogen) atoms. The Hall–Kier alpha value is -2.41. The molecule has 0 radical (unpaired) electrons. The predicted molar refractivity (Wildman–Crippen MR) is 91.1 cm³/mol. The zero-order valence-corrected chi connectivity index (χ0v) is 14.2. The number of oxazole rings is 1. The lowest BCUT2D eigenvalue weighted by Gasteiger charge is -2.48. The van der Waals surface area contributed by atoms with Crippen molar-refractivity contribution >= 4 is 11.6 Å². The van der Waals surface area contributed by atoms with E-state index >= 15 is 0 Å². The average molecular weight is 344 g/mol. The molecule has 0 saturated carbocycles. The average Bonchev–Trinajstić information content (AvgIpc) is 3.01. The molecule has 0 aliphatic carbocycles. The van der Waals surface area contributed by atoms with E-state index in [2.05, 4.69) is 14.8 Å². The molecule has 3 heterocycles. The fourth-order valence-corrected chi connectivity index (χ4v) is 3.47. The van der Waals surface area contributed by atoms with E-state index in [9.17, 15) is 9.18 Å². The first kappa shape index (κ1) is 16.1. The monoisotopic (exact) mass is 344 g/mol. The van der Waals surface area contributed by atoms with Gasteiger partial charge in [-0.25, -0.2) is 9.37 Å². The van der Waals surface area contributed by atoms with Crippen LogP contribution in [-0.2, 0) is 0 Å². The molecule has 4 rings (SSSR count). The number of hydrogen-bond acceptors (Lipinski definition) is 5. The zero-order valence-electron chi connectivity index (χ0n) is 14.2. The van der Waals surface area contributed by atoms with Crippen LogP contribution in [-0.4, -0.2) is 66.0 Å². The third-order valence-electron chi connectivity index (χ3n) is 5.01. The number of aryl methyl sites for hydroxylation is 1. The molecule has 2 fully saturated rings. The van der Waals surface area contributed by atoms with Gasteiger partial charge < -0.3 is 14.2 Å². The van der Waals surface area contributed by atoms with Gasteiger partial charge in [0.05, 0.1) is 0 Å². The highest BCUT2D eigenvalue weighted by atomic mass is 19.1. The summed E-state index contributed by atoms with van der Waals surface area (Å²) in [5.41, 5.74) is 1.45. The van der Waals surface area contributed by atoms with Crippen LogP contribution in [0.4, 0.5) is 10.1 Å². The lowest BCUT2D eigenvalue weighted by molar-refractivity contribution is 0.0242. The number of aromatic nitrogens is 1. The fraction of sp³-hybridized carbons (Fsp3) is 0.444. The van der Waals surface area contributed by atoms with Gasteiger partial charge in [0.25, 0.3) is 5.91 Å². The number of anilines is 1. The molecule has 0 unspecified atom stereocenters. The number of rotatable bonds is 3. The number of nitrogens with zero attached hydrogens (tertiary/aromatic N) is 4. The molecule has 0 atom stereocenters. The number of amides is 1. The third-order valence-corrected chi connectivity index (χ3v) is 5.01. The Morgan fingerprint density at radius 2 is 1.84 bits per heavy atom. The summed E-state index contributed by atoms with van der Waals surface area (Å²) in [4.78, 5) is 22.9. The summed E-state index contributed by atoms with van der Waals surface area (Å²) in [7, 11) is 0. The van der Waals surface area contributed by atoms with Gasteiger partial charge in [-0.2, -0.15) is 0 Å². The molecule has 0 N–H and O–H groups in total. The van der Waals surface area contributed by atoms with E-state index in [4.69, 9.17) is 4.42 Å². The Bertz CT molecular complexity index is 747. The molecular weight excluding hydrogens is 323 g/mol. The number of piperazine rings is 1. The number of likely N-dealkylation sites (tertiary alicyclic amines) is 1. The molecule has 7 heteroatoms. The maximum atomic E-state index is 13.0. The molecule has 1 amide bonds. The highest BCUT2D eigenvalue weighted by molar-refractivity contribution is 5.92. The maximum Gasteiger partial charge on any atom is 0.275 e. The quantitative estimate of drug-likeness (QED) is 0.849. The van der Waals surface area contributed by atoms with Gasteiger partial charge in [-0.3, -0.25) is 9.69 Å². The van der Waals surface area contributed by atoms with Crippen LogP contribution in [0.2, 0.25) is 0 Å². The summed E-state index contributed by atoms with van der Waals surface area (Å²) in [6, 6.07) is 7.07. The summed E-state index contributed by atoms with van der Waals surface area (Å²) in [6.45, 7) is 6.94. The van der Waals surface area contributed by atoms with Crippen molar-refractivity contribution in [3.05, 3.63) is 47.9 Å². The van der Waals surface area contributed by atoms with Crippen LogP contribution < -0.4 is 4.90 Å². The van der Waals surface area contributed by atoms with E-state index in [0.29, 0.717) is 17.6 Å². The molecule has 2 aliphatic rings. The second kappa shape index (κ2) is 6.48. The Balaban J connectivity index is 1.27. The summed E-state index contributed by atoms with van der Waals surface area (Å²) in [5, 5.41) is 0. The number of halogens is 1. The smallest absolute Gasteiger partial charge is 0.275 e. The Labute approximate surface area is 145 Å². The van der Waals surface area contributed by atoms with E-state index < -0.39 is 0 Å². The van der Waals surface area contributed by atoms with Crippen molar-refractivity contribution in [1.82, 2.24) is 14.8 Å². The third kappa shape index (κ3) is 3.24. The molecular formula is C18H21FN4O2. The van der Waals surface area contributed by atoms with Crippen LogP contribution >= 0.6 is 0 Å². The van der Waals surface area contributed by atoms with Crippen LogP contribution in [0.5, 0.6) is 0 Å². The van der Waals surface area contributed by atoms with Crippen LogP contribution in [0.25, 0.3) is 0 Å². The Morgan fingerprint density at radius 3 is 2.44 bits per heavy atom. The molecule has 2 aromatic rings. The highest BCUT2D eigenvalue weighted by Gasteiger charge is 2.37. The second-order valence-electron chi connectivity index (χ2n) is 6.62. The van der Waals surface area contributed by atoms with Crippen molar-refractivity contribution < 1.29 is 13.6 Å². The first-order valence-corrected chi connectivity index (χ1v) is 8.56. The highest BCUT2D eigenvalue weighted by Crippen LogP contribution is 2.22. The second-order valence-corrected chi connectivity index (χ2v) is 6.62. The molecule has 1 aromatic carbocycles. The number of carbonyl (C=O) groups is 1. The Morgan fingerprint density at radius 1 is 1.16 bits per heavy atom. The van der Waals surface area contributed by atoms with E-state index in [1.165, 1.54) is 18.4 Å². The van der Waals surface area contributed by atoms with Crippen molar-refractivity contribution in [2.24, 2.45) is 0 Å². The summed E-state index contributed by atoms with van der Waals surface area (Å²) in [6.07, 6.45) is 1.42. The minimum atomic E-state index is -0.205. The van der Waals surface area contributed by atoms with Crippen molar-refractivity contribution in [1.29, 1.82) is 0 Å². The van der Waals surface area contributed by atoms with E-state index in [-0.39, 0.29) is 11.7 Å². The van der Waals surface area contributed by atoms with Gasteiger partial charge in [0.15, 0.2) is 11.6 Å². The molecule has 6 nitrogen and oxygen atoms in total. The molecule has 132 valence electrons. The van der Waals surface area contributed by atoms with Gasteiger partial charge in [0.2, 0.25) is 0 Å². The molecule has 0 spiro atoms.